The van der Waals surface area contributed by atoms with E-state index in [1.807, 2.05) is 0 Å². The molecule has 1 amide bonds. The molecule has 2 N–H and O–H groups in total. The molecule has 2 aliphatic heterocycles. The van der Waals surface area contributed by atoms with Gasteiger partial charge in [-0.05, 0) is 19.3 Å². The molecular weight excluding hydrogens is 276 g/mol. The van der Waals surface area contributed by atoms with Gasteiger partial charge in [0.1, 0.15) is 0 Å². The summed E-state index contributed by atoms with van der Waals surface area (Å²) < 4.78 is 11.0. The highest BCUT2D eigenvalue weighted by molar-refractivity contribution is 5.73. The van der Waals surface area contributed by atoms with Gasteiger partial charge in [0.15, 0.2) is 0 Å². The predicted molar refractivity (Wildman–Crippen MR) is 77.1 cm³/mol. The molecule has 2 saturated heterocycles. The van der Waals surface area contributed by atoms with Gasteiger partial charge in [-0.25, -0.2) is 0 Å². The number of carbonyl (C=O) groups excluding carboxylic acids is 1. The molecule has 0 aromatic heterocycles. The zero-order valence-corrected chi connectivity index (χ0v) is 12.6. The number of hydrogen-bond acceptors (Lipinski definition) is 5. The molecule has 0 aromatic rings. The Bertz CT molecular complexity index is 300. The van der Waals surface area contributed by atoms with Crippen molar-refractivity contribution in [3.63, 3.8) is 0 Å². The second-order valence-corrected chi connectivity index (χ2v) is 5.28. The van der Waals surface area contributed by atoms with Gasteiger partial charge in [0.25, 0.3) is 6.47 Å². The van der Waals surface area contributed by atoms with Crippen LogP contribution in [0.5, 0.6) is 0 Å². The van der Waals surface area contributed by atoms with E-state index < -0.39 is 0 Å². The number of carbonyl (C=O) groups is 2. The van der Waals surface area contributed by atoms with Crippen molar-refractivity contribution in [2.75, 3.05) is 39.5 Å². The summed E-state index contributed by atoms with van der Waals surface area (Å²) in [5.74, 6) is 0.0844. The molecule has 2 aliphatic rings. The van der Waals surface area contributed by atoms with E-state index in [1.165, 1.54) is 0 Å². The molecule has 0 aliphatic carbocycles. The predicted octanol–water partition coefficient (Wildman–Crippen LogP) is 0.0932. The number of carboxylic acid groups (broad SMARTS) is 1. The number of nitrogens with zero attached hydrogens (tertiary/aromatic N) is 1. The van der Waals surface area contributed by atoms with E-state index >= 15 is 0 Å². The lowest BCUT2D eigenvalue weighted by atomic mass is 10.0. The van der Waals surface area contributed by atoms with Crippen LogP contribution in [-0.2, 0) is 19.1 Å². The van der Waals surface area contributed by atoms with Crippen molar-refractivity contribution in [2.24, 2.45) is 0 Å². The van der Waals surface area contributed by atoms with Crippen molar-refractivity contribution < 1.29 is 24.2 Å². The first-order chi connectivity index (χ1) is 10.2. The second-order valence-electron chi connectivity index (χ2n) is 5.28. The Morgan fingerprint density at radius 3 is 2.57 bits per heavy atom. The zero-order chi connectivity index (χ0) is 15.5. The van der Waals surface area contributed by atoms with Gasteiger partial charge in [-0.15, -0.1) is 0 Å². The SMILES string of the molecule is CC(=O)NC1CCN(CCC2COCCO2)CC1.O=CO. The van der Waals surface area contributed by atoms with Gasteiger partial charge in [0.05, 0.1) is 25.9 Å². The van der Waals surface area contributed by atoms with Crippen molar-refractivity contribution in [2.45, 2.75) is 38.3 Å². The largest absolute Gasteiger partial charge is 0.483 e. The highest BCUT2D eigenvalue weighted by Crippen LogP contribution is 2.13. The molecule has 21 heavy (non-hydrogen) atoms. The Balaban J connectivity index is 0.000000677. The molecule has 0 radical (unpaired) electrons. The minimum absolute atomic E-state index is 0.0844. The van der Waals surface area contributed by atoms with Crippen LogP contribution in [0.3, 0.4) is 0 Å². The van der Waals surface area contributed by atoms with Crippen molar-refractivity contribution in [3.8, 4) is 0 Å². The summed E-state index contributed by atoms with van der Waals surface area (Å²) >= 11 is 0. The van der Waals surface area contributed by atoms with E-state index in [1.54, 1.807) is 6.92 Å². The van der Waals surface area contributed by atoms with Crippen LogP contribution < -0.4 is 5.32 Å². The first kappa shape index (κ1) is 17.9. The molecule has 2 fully saturated rings. The summed E-state index contributed by atoms with van der Waals surface area (Å²) in [4.78, 5) is 21.8. The summed E-state index contributed by atoms with van der Waals surface area (Å²) in [6.45, 7) is 6.75. The van der Waals surface area contributed by atoms with E-state index in [4.69, 9.17) is 19.4 Å². The standard InChI is InChI=1S/C13H24N2O3.CH2O2/c1-11(16)14-12-2-5-15(6-3-12)7-4-13-10-17-8-9-18-13;2-1-3/h12-13H,2-10H2,1H3,(H,14,16);1H,(H,2,3). The van der Waals surface area contributed by atoms with Crippen LogP contribution in [0.25, 0.3) is 0 Å². The minimum atomic E-state index is -0.250. The fourth-order valence-electron chi connectivity index (χ4n) is 2.62. The molecule has 7 nitrogen and oxygen atoms in total. The third-order valence-corrected chi connectivity index (χ3v) is 3.65. The topological polar surface area (TPSA) is 88.1 Å². The molecule has 122 valence electrons. The Kier molecular flexibility index (Phi) is 8.96. The number of ether oxygens (including phenoxy) is 2. The van der Waals surface area contributed by atoms with E-state index in [2.05, 4.69) is 10.2 Å². The van der Waals surface area contributed by atoms with Crippen molar-refractivity contribution in [1.82, 2.24) is 10.2 Å². The van der Waals surface area contributed by atoms with Gasteiger partial charge in [-0.3, -0.25) is 9.59 Å². The van der Waals surface area contributed by atoms with Gasteiger partial charge < -0.3 is 24.8 Å². The molecule has 2 rings (SSSR count). The molecule has 7 heteroatoms. The van der Waals surface area contributed by atoms with Crippen LogP contribution in [0, 0.1) is 0 Å². The van der Waals surface area contributed by atoms with Crippen LogP contribution in [0.4, 0.5) is 0 Å². The molecule has 1 unspecified atom stereocenters. The quantitative estimate of drug-likeness (QED) is 0.716. The lowest BCUT2D eigenvalue weighted by Crippen LogP contribution is -2.45. The third-order valence-electron chi connectivity index (χ3n) is 3.65. The Hall–Kier alpha value is -1.18. The number of rotatable bonds is 4. The number of nitrogens with one attached hydrogen (secondary N) is 1. The normalized spacial score (nSPS) is 23.8. The van der Waals surface area contributed by atoms with Crippen LogP contribution in [-0.4, -0.2) is 74.0 Å². The smallest absolute Gasteiger partial charge is 0.290 e. The molecule has 0 saturated carbocycles. The summed E-state index contributed by atoms with van der Waals surface area (Å²) in [5, 5.41) is 9.89. The average Bonchev–Trinajstić information content (AvgIpc) is 2.48. The minimum Gasteiger partial charge on any atom is -0.483 e. The van der Waals surface area contributed by atoms with E-state index in [0.29, 0.717) is 6.04 Å². The Morgan fingerprint density at radius 2 is 2.05 bits per heavy atom. The monoisotopic (exact) mass is 302 g/mol. The van der Waals surface area contributed by atoms with Crippen molar-refractivity contribution >= 4 is 12.4 Å². The summed E-state index contributed by atoms with van der Waals surface area (Å²) in [6.07, 6.45) is 3.43. The maximum absolute atomic E-state index is 11.0. The van der Waals surface area contributed by atoms with Crippen molar-refractivity contribution in [3.05, 3.63) is 0 Å². The lowest BCUT2D eigenvalue weighted by Gasteiger charge is -2.33. The van der Waals surface area contributed by atoms with E-state index in [-0.39, 0.29) is 18.5 Å². The van der Waals surface area contributed by atoms with Gasteiger partial charge in [-0.1, -0.05) is 0 Å². The summed E-state index contributed by atoms with van der Waals surface area (Å²) in [6, 6.07) is 0.369. The fourth-order valence-corrected chi connectivity index (χ4v) is 2.62. The highest BCUT2D eigenvalue weighted by Gasteiger charge is 2.21. The van der Waals surface area contributed by atoms with Crippen LogP contribution in [0.2, 0.25) is 0 Å². The molecule has 1 atom stereocenters. The number of amides is 1. The maximum atomic E-state index is 11.0. The second kappa shape index (κ2) is 10.5. The Labute approximate surface area is 125 Å². The highest BCUT2D eigenvalue weighted by atomic mass is 16.6. The van der Waals surface area contributed by atoms with Gasteiger partial charge in [0, 0.05) is 32.6 Å². The number of likely N-dealkylation sites (tertiary alicyclic amines) is 1. The van der Waals surface area contributed by atoms with Crippen molar-refractivity contribution in [1.29, 1.82) is 0 Å². The molecule has 0 bridgehead atoms. The summed E-state index contributed by atoms with van der Waals surface area (Å²) in [5.41, 5.74) is 0. The van der Waals surface area contributed by atoms with Gasteiger partial charge >= 0.3 is 0 Å². The number of piperidine rings is 1. The molecule has 0 aromatic carbocycles. The van der Waals surface area contributed by atoms with E-state index in [0.717, 1.165) is 58.7 Å². The van der Waals surface area contributed by atoms with Crippen LogP contribution in [0.1, 0.15) is 26.2 Å². The summed E-state index contributed by atoms with van der Waals surface area (Å²) in [7, 11) is 0. The van der Waals surface area contributed by atoms with Gasteiger partial charge in [0.2, 0.25) is 5.91 Å². The average molecular weight is 302 g/mol. The molecular formula is C14H26N2O5. The first-order valence-corrected chi connectivity index (χ1v) is 7.42. The third kappa shape index (κ3) is 7.99. The van der Waals surface area contributed by atoms with Crippen LogP contribution in [0.15, 0.2) is 0 Å². The first-order valence-electron chi connectivity index (χ1n) is 7.42. The maximum Gasteiger partial charge on any atom is 0.290 e. The molecule has 0 spiro atoms. The Morgan fingerprint density at radius 1 is 1.38 bits per heavy atom. The van der Waals surface area contributed by atoms with E-state index in [9.17, 15) is 4.79 Å². The molecule has 2 heterocycles. The fraction of sp³-hybridized carbons (Fsp3) is 0.857. The van der Waals surface area contributed by atoms with Crippen LogP contribution >= 0.6 is 0 Å². The zero-order valence-electron chi connectivity index (χ0n) is 12.6. The lowest BCUT2D eigenvalue weighted by molar-refractivity contribution is -0.123. The number of hydrogen-bond donors (Lipinski definition) is 2. The van der Waals surface area contributed by atoms with Gasteiger partial charge in [-0.2, -0.15) is 0 Å².